The van der Waals surface area contributed by atoms with E-state index in [1.54, 1.807) is 10.6 Å². The molecule has 0 saturated carbocycles. The first kappa shape index (κ1) is 17.7. The molecule has 1 fully saturated rings. The number of aromatic nitrogens is 2. The van der Waals surface area contributed by atoms with Crippen molar-refractivity contribution in [2.75, 3.05) is 13.1 Å². The molecule has 2 aromatic heterocycles. The van der Waals surface area contributed by atoms with Gasteiger partial charge in [-0.05, 0) is 55.6 Å². The molecule has 3 aromatic rings. The molecule has 4 rings (SSSR count). The van der Waals surface area contributed by atoms with Gasteiger partial charge >= 0.3 is 0 Å². The molecule has 1 aliphatic rings. The molecule has 140 valence electrons. The Balaban J connectivity index is 1.72. The van der Waals surface area contributed by atoms with Gasteiger partial charge in [-0.1, -0.05) is 31.5 Å². The number of hydrogen-bond acceptors (Lipinski definition) is 4. The molecule has 0 spiro atoms. The number of nitrogens with zero attached hydrogens (tertiary/aromatic N) is 2. The number of nitrogens with one attached hydrogen (secondary N) is 1. The molecule has 0 aliphatic carbocycles. The van der Waals surface area contributed by atoms with E-state index in [4.69, 9.17) is 9.72 Å². The molecule has 1 atom stereocenters. The Kier molecular flexibility index (Phi) is 5.21. The fourth-order valence-corrected chi connectivity index (χ4v) is 3.57. The Labute approximate surface area is 159 Å². The van der Waals surface area contributed by atoms with E-state index in [0.717, 1.165) is 55.8 Å². The summed E-state index contributed by atoms with van der Waals surface area (Å²) >= 11 is 0. The topological polar surface area (TPSA) is 55.6 Å². The van der Waals surface area contributed by atoms with E-state index in [-0.39, 0.29) is 11.7 Å². The van der Waals surface area contributed by atoms with Crippen molar-refractivity contribution >= 4 is 5.65 Å². The van der Waals surface area contributed by atoms with Crippen molar-refractivity contribution in [2.24, 2.45) is 0 Å². The average Bonchev–Trinajstić information content (AvgIpc) is 3.20. The molecule has 1 N–H and O–H groups in total. The molecule has 27 heavy (non-hydrogen) atoms. The highest BCUT2D eigenvalue weighted by molar-refractivity contribution is 5.67. The van der Waals surface area contributed by atoms with Crippen molar-refractivity contribution in [1.29, 1.82) is 0 Å². The second kappa shape index (κ2) is 7.92. The van der Waals surface area contributed by atoms with Crippen LogP contribution >= 0.6 is 0 Å². The zero-order valence-corrected chi connectivity index (χ0v) is 15.6. The lowest BCUT2D eigenvalue weighted by atomic mass is 10.0. The van der Waals surface area contributed by atoms with Crippen LogP contribution in [0.3, 0.4) is 0 Å². The summed E-state index contributed by atoms with van der Waals surface area (Å²) in [6, 6.07) is 13.5. The van der Waals surface area contributed by atoms with Gasteiger partial charge in [0.05, 0.1) is 11.3 Å². The maximum Gasteiger partial charge on any atom is 0.265 e. The summed E-state index contributed by atoms with van der Waals surface area (Å²) < 4.78 is 7.62. The minimum Gasteiger partial charge on any atom is -0.489 e. The van der Waals surface area contributed by atoms with Crippen LogP contribution in [0.5, 0.6) is 5.75 Å². The zero-order chi connectivity index (χ0) is 18.6. The van der Waals surface area contributed by atoms with Crippen molar-refractivity contribution in [3.05, 3.63) is 64.7 Å². The summed E-state index contributed by atoms with van der Waals surface area (Å²) in [6.07, 6.45) is 5.92. The second-order valence-electron chi connectivity index (χ2n) is 7.03. The molecule has 0 radical (unpaired) electrons. The first-order valence-electron chi connectivity index (χ1n) is 9.74. The van der Waals surface area contributed by atoms with Gasteiger partial charge in [-0.15, -0.1) is 0 Å². The number of unbranched alkanes of at least 4 members (excludes halogenated alkanes) is 1. The number of pyridine rings is 1. The highest BCUT2D eigenvalue weighted by atomic mass is 16.5. The third-order valence-corrected chi connectivity index (χ3v) is 5.04. The normalized spacial score (nSPS) is 16.7. The summed E-state index contributed by atoms with van der Waals surface area (Å²) in [5, 5.41) is 3.30. The zero-order valence-electron chi connectivity index (χ0n) is 15.6. The van der Waals surface area contributed by atoms with Crippen LogP contribution in [0, 0.1) is 0 Å². The number of hydrogen-bond donors (Lipinski definition) is 1. The highest BCUT2D eigenvalue weighted by Gasteiger charge is 2.17. The van der Waals surface area contributed by atoms with E-state index in [0.29, 0.717) is 11.2 Å². The first-order chi connectivity index (χ1) is 13.3. The Morgan fingerprint density at radius 3 is 2.81 bits per heavy atom. The molecular weight excluding hydrogens is 338 g/mol. The maximum absolute atomic E-state index is 13.2. The summed E-state index contributed by atoms with van der Waals surface area (Å²) in [5.74, 6) is 0.844. The Bertz CT molecular complexity index is 973. The third-order valence-electron chi connectivity index (χ3n) is 5.04. The fraction of sp³-hybridized carbons (Fsp3) is 0.364. The molecule has 5 heteroatoms. The van der Waals surface area contributed by atoms with E-state index >= 15 is 0 Å². The van der Waals surface area contributed by atoms with Crippen molar-refractivity contribution in [1.82, 2.24) is 14.7 Å². The molecule has 1 aliphatic heterocycles. The Hall–Kier alpha value is -2.66. The predicted octanol–water partition coefficient (Wildman–Crippen LogP) is 3.44. The van der Waals surface area contributed by atoms with Gasteiger partial charge in [0.1, 0.15) is 17.5 Å². The monoisotopic (exact) mass is 363 g/mol. The van der Waals surface area contributed by atoms with E-state index in [9.17, 15) is 4.79 Å². The van der Waals surface area contributed by atoms with Gasteiger partial charge in [0.2, 0.25) is 0 Å². The van der Waals surface area contributed by atoms with Crippen LogP contribution in [0.25, 0.3) is 16.8 Å². The summed E-state index contributed by atoms with van der Waals surface area (Å²) in [7, 11) is 0. The number of ether oxygens (including phenoxy) is 1. The number of benzene rings is 1. The van der Waals surface area contributed by atoms with E-state index < -0.39 is 0 Å². The van der Waals surface area contributed by atoms with Gasteiger partial charge in [-0.2, -0.15) is 0 Å². The highest BCUT2D eigenvalue weighted by Crippen LogP contribution is 2.25. The molecular formula is C22H25N3O2. The molecule has 5 nitrogen and oxygen atoms in total. The lowest BCUT2D eigenvalue weighted by Crippen LogP contribution is -2.20. The van der Waals surface area contributed by atoms with E-state index in [2.05, 4.69) is 12.2 Å². The lowest BCUT2D eigenvalue weighted by molar-refractivity contribution is 0.223. The standard InChI is InChI=1S/C22H25N3O2/c1-2-3-6-19-21(22(26)25-14-5-4-7-20(25)24-19)16-8-10-17(11-9-16)27-18-12-13-23-15-18/h4-5,7-11,14,18,23H,2-3,6,12-13,15H2,1H3/t18-/m1/s1. The third kappa shape index (κ3) is 3.74. The maximum atomic E-state index is 13.2. The average molecular weight is 363 g/mol. The predicted molar refractivity (Wildman–Crippen MR) is 107 cm³/mol. The minimum atomic E-state index is -0.0136. The number of rotatable bonds is 6. The summed E-state index contributed by atoms with van der Waals surface area (Å²) in [6.45, 7) is 4.04. The van der Waals surface area contributed by atoms with Crippen LogP contribution in [-0.2, 0) is 6.42 Å². The number of fused-ring (bicyclic) bond motifs is 1. The molecule has 0 amide bonds. The van der Waals surface area contributed by atoms with Crippen LogP contribution in [0.15, 0.2) is 53.5 Å². The van der Waals surface area contributed by atoms with Crippen molar-refractivity contribution in [3.8, 4) is 16.9 Å². The van der Waals surface area contributed by atoms with Gasteiger partial charge in [0, 0.05) is 12.7 Å². The number of aryl methyl sites for hydroxylation is 1. The summed E-state index contributed by atoms with van der Waals surface area (Å²) in [5.41, 5.74) is 3.16. The largest absolute Gasteiger partial charge is 0.489 e. The van der Waals surface area contributed by atoms with Crippen LogP contribution < -0.4 is 15.6 Å². The van der Waals surface area contributed by atoms with Crippen LogP contribution in [0.1, 0.15) is 31.9 Å². The Morgan fingerprint density at radius 2 is 2.07 bits per heavy atom. The Morgan fingerprint density at radius 1 is 1.22 bits per heavy atom. The lowest BCUT2D eigenvalue weighted by Gasteiger charge is -2.14. The van der Waals surface area contributed by atoms with Gasteiger partial charge in [0.25, 0.3) is 5.56 Å². The van der Waals surface area contributed by atoms with E-state index in [1.165, 1.54) is 0 Å². The van der Waals surface area contributed by atoms with Gasteiger partial charge in [-0.3, -0.25) is 9.20 Å². The van der Waals surface area contributed by atoms with Gasteiger partial charge < -0.3 is 10.1 Å². The fourth-order valence-electron chi connectivity index (χ4n) is 3.57. The van der Waals surface area contributed by atoms with Crippen molar-refractivity contribution < 1.29 is 4.74 Å². The quantitative estimate of drug-likeness (QED) is 0.729. The van der Waals surface area contributed by atoms with Crippen LogP contribution in [0.2, 0.25) is 0 Å². The SMILES string of the molecule is CCCCc1nc2ccccn2c(=O)c1-c1ccc(O[C@@H]2CCNC2)cc1. The minimum absolute atomic E-state index is 0.0136. The molecule has 3 heterocycles. The molecule has 0 unspecified atom stereocenters. The summed E-state index contributed by atoms with van der Waals surface area (Å²) in [4.78, 5) is 17.9. The van der Waals surface area contributed by atoms with Crippen LogP contribution in [0.4, 0.5) is 0 Å². The molecule has 1 aromatic carbocycles. The smallest absolute Gasteiger partial charge is 0.265 e. The first-order valence-corrected chi connectivity index (χ1v) is 9.74. The van der Waals surface area contributed by atoms with Crippen LogP contribution in [-0.4, -0.2) is 28.6 Å². The molecule has 0 bridgehead atoms. The van der Waals surface area contributed by atoms with Gasteiger partial charge in [0.15, 0.2) is 0 Å². The van der Waals surface area contributed by atoms with Gasteiger partial charge in [-0.25, -0.2) is 4.98 Å². The van der Waals surface area contributed by atoms with Crippen molar-refractivity contribution in [3.63, 3.8) is 0 Å². The van der Waals surface area contributed by atoms with E-state index in [1.807, 2.05) is 42.5 Å². The molecule has 1 saturated heterocycles. The van der Waals surface area contributed by atoms with Crippen molar-refractivity contribution in [2.45, 2.75) is 38.7 Å². The second-order valence-corrected chi connectivity index (χ2v) is 7.03.